The lowest BCUT2D eigenvalue weighted by Gasteiger charge is -2.16. The van der Waals surface area contributed by atoms with Gasteiger partial charge in [-0.25, -0.2) is 4.79 Å². The molecule has 2 aromatic rings. The monoisotopic (exact) mass is 439 g/mol. The molecule has 2 rings (SSSR count). The predicted octanol–water partition coefficient (Wildman–Crippen LogP) is 5.58. The number of rotatable bonds is 11. The van der Waals surface area contributed by atoms with Crippen LogP contribution < -0.4 is 4.74 Å². The summed E-state index contributed by atoms with van der Waals surface area (Å²) < 4.78 is 16.2. The van der Waals surface area contributed by atoms with Crippen LogP contribution in [-0.2, 0) is 25.7 Å². The Morgan fingerprint density at radius 1 is 1.03 bits per heavy atom. The minimum Gasteiger partial charge on any atom is -0.503 e. The molecule has 0 fully saturated rings. The molecule has 0 N–H and O–H groups in total. The summed E-state index contributed by atoms with van der Waals surface area (Å²) in [5, 5.41) is 4.31. The molecule has 0 aromatic heterocycles. The maximum absolute atomic E-state index is 12.2. The Morgan fingerprint density at radius 3 is 2.44 bits per heavy atom. The van der Waals surface area contributed by atoms with Gasteiger partial charge in [-0.05, 0) is 61.1 Å². The summed E-state index contributed by atoms with van der Waals surface area (Å²) >= 11 is 0. The number of carbonyl (C=O) groups excluding carboxylic acids is 1. The zero-order valence-electron chi connectivity index (χ0n) is 19.9. The molecule has 0 aliphatic carbocycles. The average Bonchev–Trinajstić information content (AvgIpc) is 2.80. The normalized spacial score (nSPS) is 11.8. The van der Waals surface area contributed by atoms with E-state index in [1.54, 1.807) is 0 Å². The highest BCUT2D eigenvalue weighted by Gasteiger charge is 2.17. The molecule has 0 saturated heterocycles. The Kier molecular flexibility index (Phi) is 9.79. The van der Waals surface area contributed by atoms with Gasteiger partial charge in [0.05, 0.1) is 26.2 Å². The fourth-order valence-corrected chi connectivity index (χ4v) is 3.29. The second-order valence-corrected chi connectivity index (χ2v) is 7.36. The molecule has 0 amide bonds. The zero-order chi connectivity index (χ0) is 23.5. The number of esters is 1. The molecule has 6 heteroatoms. The molecule has 0 unspecified atom stereocenters. The lowest BCUT2D eigenvalue weighted by Crippen LogP contribution is -2.09. The van der Waals surface area contributed by atoms with Crippen molar-refractivity contribution in [1.82, 2.24) is 0 Å². The Bertz CT molecular complexity index is 978. The van der Waals surface area contributed by atoms with E-state index in [1.165, 1.54) is 20.5 Å². The molecule has 0 aliphatic heterocycles. The molecule has 0 atom stereocenters. The molecule has 0 aliphatic rings. The molecule has 172 valence electrons. The molecule has 0 saturated carbocycles. The van der Waals surface area contributed by atoms with Crippen LogP contribution in [0.2, 0.25) is 0 Å². The number of ether oxygens (including phenoxy) is 3. The first-order chi connectivity index (χ1) is 15.5. The molecule has 0 bridgehead atoms. The molecular formula is C26H33NO5. The van der Waals surface area contributed by atoms with Crippen LogP contribution in [0.15, 0.2) is 47.8 Å². The summed E-state index contributed by atoms with van der Waals surface area (Å²) in [6.07, 6.45) is 3.09. The zero-order valence-corrected chi connectivity index (χ0v) is 19.9. The number of nitrogens with zero attached hydrogens (tertiary/aromatic N) is 1. The van der Waals surface area contributed by atoms with Gasteiger partial charge in [0.2, 0.25) is 0 Å². The van der Waals surface area contributed by atoms with Crippen molar-refractivity contribution in [3.63, 3.8) is 0 Å². The van der Waals surface area contributed by atoms with Crippen molar-refractivity contribution < 1.29 is 23.8 Å². The number of oxime groups is 1. The third kappa shape index (κ3) is 6.36. The van der Waals surface area contributed by atoms with Crippen LogP contribution in [0.3, 0.4) is 0 Å². The summed E-state index contributed by atoms with van der Waals surface area (Å²) in [6, 6.07) is 11.6. The van der Waals surface area contributed by atoms with E-state index < -0.39 is 5.97 Å². The van der Waals surface area contributed by atoms with Gasteiger partial charge < -0.3 is 19.0 Å². The van der Waals surface area contributed by atoms with E-state index in [9.17, 15) is 4.79 Å². The molecule has 0 radical (unpaired) electrons. The van der Waals surface area contributed by atoms with Gasteiger partial charge in [0.15, 0.2) is 0 Å². The summed E-state index contributed by atoms with van der Waals surface area (Å²) in [6.45, 7) is 9.07. The highest BCUT2D eigenvalue weighted by atomic mass is 16.6. The van der Waals surface area contributed by atoms with Gasteiger partial charge in [0.25, 0.3) is 0 Å². The summed E-state index contributed by atoms with van der Waals surface area (Å²) in [7, 11) is 2.84. The predicted molar refractivity (Wildman–Crippen MR) is 127 cm³/mol. The first kappa shape index (κ1) is 25.0. The largest absolute Gasteiger partial charge is 0.503 e. The lowest BCUT2D eigenvalue weighted by molar-refractivity contribution is -0.133. The van der Waals surface area contributed by atoms with E-state index in [0.717, 1.165) is 46.6 Å². The van der Waals surface area contributed by atoms with Crippen molar-refractivity contribution in [3.05, 3.63) is 70.5 Å². The van der Waals surface area contributed by atoms with Crippen molar-refractivity contribution in [2.24, 2.45) is 5.16 Å². The van der Waals surface area contributed by atoms with E-state index in [2.05, 4.69) is 25.1 Å². The van der Waals surface area contributed by atoms with Crippen molar-refractivity contribution in [1.29, 1.82) is 0 Å². The second kappa shape index (κ2) is 12.5. The smallest absolute Gasteiger partial charge is 0.341 e. The molecular weight excluding hydrogens is 406 g/mol. The Hall–Kier alpha value is -3.28. The van der Waals surface area contributed by atoms with Crippen LogP contribution in [0.1, 0.15) is 54.5 Å². The van der Waals surface area contributed by atoms with E-state index in [0.29, 0.717) is 24.4 Å². The Balaban J connectivity index is 2.29. The fraction of sp³-hybridized carbons (Fsp3) is 0.385. The standard InChI is InChI=1S/C26H33NO5/c1-7-13-32-27-24(8-2)22-14-19(4)25(15-18(22)3)31-16-20-11-9-10-12-21(20)23(17-29-5)26(28)30-6/h9-12,14-15,17H,7-8,13,16H2,1-6H3/b23-17+,27-24-. The van der Waals surface area contributed by atoms with Gasteiger partial charge in [-0.2, -0.15) is 0 Å². The van der Waals surface area contributed by atoms with Crippen LogP contribution in [0.25, 0.3) is 5.57 Å². The van der Waals surface area contributed by atoms with Crippen LogP contribution in [-0.4, -0.2) is 32.5 Å². The van der Waals surface area contributed by atoms with E-state index in [1.807, 2.05) is 44.2 Å². The number of benzene rings is 2. The molecule has 0 spiro atoms. The van der Waals surface area contributed by atoms with Gasteiger partial charge in [0, 0.05) is 5.56 Å². The fourth-order valence-electron chi connectivity index (χ4n) is 3.29. The van der Waals surface area contributed by atoms with Gasteiger partial charge in [-0.15, -0.1) is 0 Å². The van der Waals surface area contributed by atoms with E-state index in [-0.39, 0.29) is 0 Å². The van der Waals surface area contributed by atoms with Crippen molar-refractivity contribution in [2.75, 3.05) is 20.8 Å². The summed E-state index contributed by atoms with van der Waals surface area (Å²) in [5.74, 6) is 0.314. The maximum Gasteiger partial charge on any atom is 0.341 e. The van der Waals surface area contributed by atoms with E-state index >= 15 is 0 Å². The number of methoxy groups -OCH3 is 2. The molecule has 6 nitrogen and oxygen atoms in total. The molecule has 2 aromatic carbocycles. The lowest BCUT2D eigenvalue weighted by atomic mass is 9.99. The number of aryl methyl sites for hydroxylation is 2. The highest BCUT2D eigenvalue weighted by Crippen LogP contribution is 2.27. The van der Waals surface area contributed by atoms with Gasteiger partial charge in [0.1, 0.15) is 24.5 Å². The highest BCUT2D eigenvalue weighted by molar-refractivity contribution is 6.16. The van der Waals surface area contributed by atoms with Crippen molar-refractivity contribution in [3.8, 4) is 5.75 Å². The summed E-state index contributed by atoms with van der Waals surface area (Å²) in [5.41, 5.74) is 5.95. The minimum absolute atomic E-state index is 0.294. The summed E-state index contributed by atoms with van der Waals surface area (Å²) in [4.78, 5) is 17.6. The van der Waals surface area contributed by atoms with Crippen molar-refractivity contribution in [2.45, 2.75) is 47.1 Å². The number of hydrogen-bond acceptors (Lipinski definition) is 6. The van der Waals surface area contributed by atoms with Gasteiger partial charge in [-0.3, -0.25) is 0 Å². The SMILES string of the molecule is CCCO/N=C(/CC)c1cc(C)c(OCc2ccccc2/C(=C\OC)C(=O)OC)cc1C. The second-order valence-electron chi connectivity index (χ2n) is 7.36. The van der Waals surface area contributed by atoms with Crippen LogP contribution in [0, 0.1) is 13.8 Å². The Labute approximate surface area is 190 Å². The maximum atomic E-state index is 12.2. The average molecular weight is 440 g/mol. The van der Waals surface area contributed by atoms with Crippen LogP contribution in [0.5, 0.6) is 5.75 Å². The molecule has 0 heterocycles. The Morgan fingerprint density at radius 2 is 1.78 bits per heavy atom. The van der Waals surface area contributed by atoms with Crippen molar-refractivity contribution >= 4 is 17.3 Å². The molecule has 32 heavy (non-hydrogen) atoms. The van der Waals surface area contributed by atoms with Crippen LogP contribution >= 0.6 is 0 Å². The third-order valence-electron chi connectivity index (χ3n) is 4.97. The van der Waals surface area contributed by atoms with Gasteiger partial charge in [-0.1, -0.05) is 43.3 Å². The third-order valence-corrected chi connectivity index (χ3v) is 4.97. The number of hydrogen-bond donors (Lipinski definition) is 0. The quantitative estimate of drug-likeness (QED) is 0.114. The topological polar surface area (TPSA) is 66.3 Å². The van der Waals surface area contributed by atoms with Gasteiger partial charge >= 0.3 is 5.97 Å². The first-order valence-electron chi connectivity index (χ1n) is 10.8. The number of carbonyl (C=O) groups is 1. The van der Waals surface area contributed by atoms with Crippen LogP contribution in [0.4, 0.5) is 0 Å². The first-order valence-corrected chi connectivity index (χ1v) is 10.8. The van der Waals surface area contributed by atoms with E-state index in [4.69, 9.17) is 19.0 Å². The minimum atomic E-state index is -0.465.